The molecule has 0 radical (unpaired) electrons. The van der Waals surface area contributed by atoms with Crippen molar-refractivity contribution in [2.24, 2.45) is 11.8 Å². The molecule has 0 aromatic heterocycles. The number of allylic oxidation sites excluding steroid dienone is 4. The molecule has 0 unspecified atom stereocenters. The number of ether oxygens (including phenoxy) is 1. The molecule has 0 N–H and O–H groups in total. The predicted molar refractivity (Wildman–Crippen MR) is 140 cm³/mol. The molecule has 228 valence electrons. The van der Waals surface area contributed by atoms with E-state index in [1.165, 1.54) is 37.9 Å². The fourth-order valence-corrected chi connectivity index (χ4v) is 4.42. The van der Waals surface area contributed by atoms with Crippen LogP contribution in [0.1, 0.15) is 63.8 Å². The maximum atomic E-state index is 13.8. The van der Waals surface area contributed by atoms with E-state index in [1.54, 1.807) is 20.8 Å². The Bertz CT molecular complexity index is 1160. The van der Waals surface area contributed by atoms with E-state index in [0.717, 1.165) is 11.0 Å². The first-order valence-corrected chi connectivity index (χ1v) is 12.9. The molecule has 1 aromatic carbocycles. The van der Waals surface area contributed by atoms with Crippen molar-refractivity contribution >= 4 is 12.0 Å². The predicted octanol–water partition coefficient (Wildman–Crippen LogP) is 8.10. The molecule has 0 saturated carbocycles. The lowest BCUT2D eigenvalue weighted by molar-refractivity contribution is -0.143. The van der Waals surface area contributed by atoms with Gasteiger partial charge in [0.1, 0.15) is 11.4 Å². The smallest absolute Gasteiger partial charge is 0.416 e. The third kappa shape index (κ3) is 9.09. The van der Waals surface area contributed by atoms with E-state index < -0.39 is 64.8 Å². The van der Waals surface area contributed by atoms with Gasteiger partial charge in [-0.1, -0.05) is 18.7 Å². The number of amides is 2. The standard InChI is InChI=1S/C29H35F7N2O3/c1-8-22(30)10-9-17(2)24-16-38(26(40)41-27(4,5)6)12-11-23(24)25(39)37(7)18(3)19-13-20(28(31,32)33)15-21(14-19)29(34,35)36/h8-10,13-15,18,23-24H,2,11-12,16H2,1,3-7H3/b10-9-,22-8+/t18-,23-,24-/m1/s1. The summed E-state index contributed by atoms with van der Waals surface area (Å²) in [6.07, 6.45) is -6.88. The molecular weight excluding hydrogens is 557 g/mol. The Morgan fingerprint density at radius 3 is 2.02 bits per heavy atom. The van der Waals surface area contributed by atoms with Gasteiger partial charge in [0.25, 0.3) is 0 Å². The van der Waals surface area contributed by atoms with Gasteiger partial charge in [0.05, 0.1) is 17.2 Å². The molecule has 1 saturated heterocycles. The van der Waals surface area contributed by atoms with Crippen LogP contribution in [0, 0.1) is 11.8 Å². The minimum atomic E-state index is -5.04. The lowest BCUT2D eigenvalue weighted by Crippen LogP contribution is -2.50. The van der Waals surface area contributed by atoms with Gasteiger partial charge in [0.2, 0.25) is 5.91 Å². The summed E-state index contributed by atoms with van der Waals surface area (Å²) in [6.45, 7) is 11.9. The van der Waals surface area contributed by atoms with E-state index in [2.05, 4.69) is 6.58 Å². The second-order valence-electron chi connectivity index (χ2n) is 11.0. The van der Waals surface area contributed by atoms with Gasteiger partial charge in [-0.2, -0.15) is 26.3 Å². The zero-order valence-corrected chi connectivity index (χ0v) is 23.8. The van der Waals surface area contributed by atoms with Crippen molar-refractivity contribution in [3.63, 3.8) is 0 Å². The number of hydrogen-bond acceptors (Lipinski definition) is 3. The fourth-order valence-electron chi connectivity index (χ4n) is 4.42. The average Bonchev–Trinajstić information content (AvgIpc) is 2.87. The SMILES string of the molecule is C=C(/C=C\C(F)=C/C)[C@H]1CN(C(=O)OC(C)(C)C)CC[C@H]1C(=O)N(C)[C@H](C)c1cc(C(F)(F)F)cc(C(F)(F)F)c1. The van der Waals surface area contributed by atoms with Crippen LogP contribution >= 0.6 is 0 Å². The number of nitrogens with zero attached hydrogens (tertiary/aromatic N) is 2. The molecule has 0 spiro atoms. The molecule has 5 nitrogen and oxygen atoms in total. The molecule has 0 bridgehead atoms. The number of rotatable bonds is 6. The summed E-state index contributed by atoms with van der Waals surface area (Å²) < 4.78 is 99.7. The molecule has 1 aliphatic rings. The molecule has 2 rings (SSSR count). The van der Waals surface area contributed by atoms with Gasteiger partial charge < -0.3 is 14.5 Å². The number of hydrogen-bond donors (Lipinski definition) is 0. The summed E-state index contributed by atoms with van der Waals surface area (Å²) in [5.74, 6) is -2.71. The summed E-state index contributed by atoms with van der Waals surface area (Å²) in [5.41, 5.74) is -3.79. The minimum Gasteiger partial charge on any atom is -0.444 e. The van der Waals surface area contributed by atoms with E-state index in [4.69, 9.17) is 4.74 Å². The largest absolute Gasteiger partial charge is 0.444 e. The van der Waals surface area contributed by atoms with Crippen LogP contribution in [0.25, 0.3) is 0 Å². The molecule has 1 aliphatic heterocycles. The molecule has 3 atom stereocenters. The highest BCUT2D eigenvalue weighted by Gasteiger charge is 2.41. The van der Waals surface area contributed by atoms with Gasteiger partial charge in [-0.05, 0) is 76.5 Å². The first-order chi connectivity index (χ1) is 18.7. The normalized spacial score (nSPS) is 19.7. The molecule has 1 fully saturated rings. The number of piperidine rings is 1. The summed E-state index contributed by atoms with van der Waals surface area (Å²) in [4.78, 5) is 28.9. The van der Waals surface area contributed by atoms with Crippen LogP contribution < -0.4 is 0 Å². The quantitative estimate of drug-likeness (QED) is 0.248. The monoisotopic (exact) mass is 592 g/mol. The Morgan fingerprint density at radius 1 is 1.02 bits per heavy atom. The lowest BCUT2D eigenvalue weighted by Gasteiger charge is -2.41. The molecule has 41 heavy (non-hydrogen) atoms. The zero-order chi connectivity index (χ0) is 31.5. The van der Waals surface area contributed by atoms with Crippen molar-refractivity contribution in [1.29, 1.82) is 0 Å². The molecule has 12 heteroatoms. The average molecular weight is 593 g/mol. The van der Waals surface area contributed by atoms with E-state index in [0.29, 0.717) is 17.7 Å². The Labute approximate surface area is 235 Å². The molecule has 0 aliphatic carbocycles. The highest BCUT2D eigenvalue weighted by molar-refractivity contribution is 5.80. The van der Waals surface area contributed by atoms with Gasteiger partial charge in [-0.3, -0.25) is 4.79 Å². The summed E-state index contributed by atoms with van der Waals surface area (Å²) >= 11 is 0. The highest BCUT2D eigenvalue weighted by atomic mass is 19.4. The first kappa shape index (κ1) is 33.9. The number of benzene rings is 1. The maximum Gasteiger partial charge on any atom is 0.416 e. The van der Waals surface area contributed by atoms with Gasteiger partial charge in [0.15, 0.2) is 0 Å². The number of halogens is 7. The number of carbonyl (C=O) groups is 2. The molecule has 1 heterocycles. The second kappa shape index (κ2) is 12.7. The van der Waals surface area contributed by atoms with Crippen molar-refractivity contribution in [2.45, 2.75) is 65.0 Å². The number of alkyl halides is 6. The van der Waals surface area contributed by atoms with Crippen LogP contribution in [0.2, 0.25) is 0 Å². The van der Waals surface area contributed by atoms with Crippen LogP contribution in [0.3, 0.4) is 0 Å². The van der Waals surface area contributed by atoms with E-state index in [9.17, 15) is 40.3 Å². The van der Waals surface area contributed by atoms with Crippen LogP contribution in [0.4, 0.5) is 35.5 Å². The Kier molecular flexibility index (Phi) is 10.5. The molecule has 1 aromatic rings. The molecular formula is C29H35F7N2O3. The van der Waals surface area contributed by atoms with E-state index >= 15 is 0 Å². The fraction of sp³-hybridized carbons (Fsp3) is 0.517. The first-order valence-electron chi connectivity index (χ1n) is 12.9. The zero-order valence-electron chi connectivity index (χ0n) is 23.8. The lowest BCUT2D eigenvalue weighted by atomic mass is 9.79. The van der Waals surface area contributed by atoms with Crippen LogP contribution in [0.5, 0.6) is 0 Å². The van der Waals surface area contributed by atoms with Crippen LogP contribution in [-0.2, 0) is 21.9 Å². The van der Waals surface area contributed by atoms with Crippen molar-refractivity contribution in [3.05, 3.63) is 71.1 Å². The Hall–Kier alpha value is -3.31. The minimum absolute atomic E-state index is 0.0179. The van der Waals surface area contributed by atoms with Crippen LogP contribution in [0.15, 0.2) is 54.4 Å². The third-order valence-electron chi connectivity index (χ3n) is 6.81. The van der Waals surface area contributed by atoms with Gasteiger partial charge in [-0.15, -0.1) is 0 Å². The van der Waals surface area contributed by atoms with Crippen molar-refractivity contribution in [2.75, 3.05) is 20.1 Å². The topological polar surface area (TPSA) is 49.9 Å². The number of likely N-dealkylation sites (tertiary alicyclic amines) is 1. The van der Waals surface area contributed by atoms with E-state index in [-0.39, 0.29) is 31.1 Å². The highest BCUT2D eigenvalue weighted by Crippen LogP contribution is 2.39. The van der Waals surface area contributed by atoms with Crippen molar-refractivity contribution in [1.82, 2.24) is 9.80 Å². The van der Waals surface area contributed by atoms with Gasteiger partial charge in [0, 0.05) is 32.0 Å². The van der Waals surface area contributed by atoms with Gasteiger partial charge >= 0.3 is 18.4 Å². The Morgan fingerprint density at radius 2 is 1.56 bits per heavy atom. The molecule has 2 amide bonds. The summed E-state index contributed by atoms with van der Waals surface area (Å²) in [6, 6.07) is 0.0437. The third-order valence-corrected chi connectivity index (χ3v) is 6.81. The second-order valence-corrected chi connectivity index (χ2v) is 11.0. The van der Waals surface area contributed by atoms with Crippen molar-refractivity contribution in [3.8, 4) is 0 Å². The van der Waals surface area contributed by atoms with E-state index in [1.807, 2.05) is 0 Å². The van der Waals surface area contributed by atoms with Gasteiger partial charge in [-0.25, -0.2) is 9.18 Å². The number of carbonyl (C=O) groups excluding carboxylic acids is 2. The van der Waals surface area contributed by atoms with Crippen LogP contribution in [-0.4, -0.2) is 47.5 Å². The maximum absolute atomic E-state index is 13.8. The van der Waals surface area contributed by atoms with Crippen molar-refractivity contribution < 1.29 is 45.1 Å². The summed E-state index contributed by atoms with van der Waals surface area (Å²) in [7, 11) is 1.29. The summed E-state index contributed by atoms with van der Waals surface area (Å²) in [5, 5.41) is 0. The Balaban J connectivity index is 2.43.